The fourth-order valence-corrected chi connectivity index (χ4v) is 2.28. The van der Waals surface area contributed by atoms with Gasteiger partial charge in [0.15, 0.2) is 0 Å². The summed E-state index contributed by atoms with van der Waals surface area (Å²) < 4.78 is 7.40. The second-order valence-corrected chi connectivity index (χ2v) is 4.96. The summed E-state index contributed by atoms with van der Waals surface area (Å²) in [5, 5.41) is 0. The highest BCUT2D eigenvalue weighted by Crippen LogP contribution is 2.34. The number of allylic oxidation sites excluding steroid dienone is 1. The van der Waals surface area contributed by atoms with Crippen molar-refractivity contribution in [3.8, 4) is 17.0 Å². The van der Waals surface area contributed by atoms with Gasteiger partial charge >= 0.3 is 0 Å². The van der Waals surface area contributed by atoms with Crippen molar-refractivity contribution < 1.29 is 4.74 Å². The first-order valence-corrected chi connectivity index (χ1v) is 6.70. The first-order chi connectivity index (χ1) is 9.60. The summed E-state index contributed by atoms with van der Waals surface area (Å²) >= 11 is 0. The Morgan fingerprint density at radius 1 is 1.40 bits per heavy atom. The van der Waals surface area contributed by atoms with E-state index in [2.05, 4.69) is 20.4 Å². The van der Waals surface area contributed by atoms with Gasteiger partial charge in [-0.2, -0.15) is 0 Å². The van der Waals surface area contributed by atoms with Gasteiger partial charge in [-0.1, -0.05) is 32.1 Å². The van der Waals surface area contributed by atoms with Crippen LogP contribution in [0.3, 0.4) is 0 Å². The number of hydrogen-bond acceptors (Lipinski definition) is 3. The van der Waals surface area contributed by atoms with Gasteiger partial charge in [0.2, 0.25) is 0 Å². The molecule has 20 heavy (non-hydrogen) atoms. The van der Waals surface area contributed by atoms with Gasteiger partial charge in [0.25, 0.3) is 0 Å². The maximum atomic E-state index is 6.28. The van der Waals surface area contributed by atoms with Gasteiger partial charge in [-0.3, -0.25) is 0 Å². The highest BCUT2D eigenvalue weighted by molar-refractivity contribution is 5.76. The lowest BCUT2D eigenvalue weighted by atomic mass is 10.1. The summed E-state index contributed by atoms with van der Waals surface area (Å²) in [5.41, 5.74) is 7.97. The van der Waals surface area contributed by atoms with E-state index < -0.39 is 0 Å². The molecule has 106 valence electrons. The van der Waals surface area contributed by atoms with Gasteiger partial charge in [-0.15, -0.1) is 6.58 Å². The van der Waals surface area contributed by atoms with E-state index in [9.17, 15) is 0 Å². The second kappa shape index (κ2) is 5.82. The van der Waals surface area contributed by atoms with Gasteiger partial charge in [-0.05, 0) is 12.1 Å². The molecule has 0 aliphatic carbocycles. The van der Waals surface area contributed by atoms with Crippen molar-refractivity contribution in [2.45, 2.75) is 26.3 Å². The molecule has 0 bridgehead atoms. The van der Waals surface area contributed by atoms with E-state index in [-0.39, 0.29) is 0 Å². The lowest BCUT2D eigenvalue weighted by Gasteiger charge is -2.09. The van der Waals surface area contributed by atoms with Crippen molar-refractivity contribution in [1.29, 1.82) is 0 Å². The molecule has 4 heteroatoms. The largest absolute Gasteiger partial charge is 0.496 e. The van der Waals surface area contributed by atoms with Crippen LogP contribution in [0.2, 0.25) is 0 Å². The minimum atomic E-state index is 0.292. The van der Waals surface area contributed by atoms with E-state index in [1.54, 1.807) is 7.11 Å². The van der Waals surface area contributed by atoms with E-state index in [0.717, 1.165) is 22.8 Å². The number of methoxy groups -OCH3 is 1. The zero-order valence-corrected chi connectivity index (χ0v) is 12.3. The average molecular weight is 271 g/mol. The number of imidazole rings is 1. The van der Waals surface area contributed by atoms with Crippen LogP contribution in [0.25, 0.3) is 11.3 Å². The lowest BCUT2D eigenvalue weighted by molar-refractivity contribution is 0.416. The second-order valence-electron chi connectivity index (χ2n) is 4.96. The van der Waals surface area contributed by atoms with Gasteiger partial charge in [0.05, 0.1) is 7.11 Å². The normalized spacial score (nSPS) is 10.8. The molecule has 1 aromatic heterocycles. The summed E-state index contributed by atoms with van der Waals surface area (Å²) in [4.78, 5) is 4.72. The number of hydrogen-bond donors (Lipinski definition) is 1. The Hall–Kier alpha value is -2.23. The zero-order chi connectivity index (χ0) is 14.7. The molecule has 4 nitrogen and oxygen atoms in total. The van der Waals surface area contributed by atoms with Crippen LogP contribution in [0, 0.1) is 0 Å². The molecular weight excluding hydrogens is 250 g/mol. The fraction of sp³-hybridized carbons (Fsp3) is 0.312. The number of nitrogens with two attached hydrogens (primary N) is 1. The van der Waals surface area contributed by atoms with Crippen LogP contribution >= 0.6 is 0 Å². The fourth-order valence-electron chi connectivity index (χ4n) is 2.28. The first kappa shape index (κ1) is 14.2. The zero-order valence-electron chi connectivity index (χ0n) is 12.3. The van der Waals surface area contributed by atoms with Crippen LogP contribution in [-0.4, -0.2) is 16.7 Å². The molecule has 0 radical (unpaired) electrons. The number of benzene rings is 1. The molecule has 1 heterocycles. The Labute approximate surface area is 119 Å². The molecule has 0 saturated carbocycles. The standard InChI is InChI=1S/C16H21N3O/c1-5-10-19-15(17)14(18-16(19)11(2)3)12-8-6-7-9-13(12)20-4/h5-9,11H,1,10,17H2,2-4H3. The summed E-state index contributed by atoms with van der Waals surface area (Å²) in [7, 11) is 1.65. The van der Waals surface area contributed by atoms with Gasteiger partial charge < -0.3 is 15.0 Å². The summed E-state index contributed by atoms with van der Waals surface area (Å²) in [6.07, 6.45) is 1.83. The van der Waals surface area contributed by atoms with Gasteiger partial charge in [0, 0.05) is 18.0 Å². The molecular formula is C16H21N3O. The number of aromatic nitrogens is 2. The van der Waals surface area contributed by atoms with Crippen molar-refractivity contribution in [2.75, 3.05) is 12.8 Å². The quantitative estimate of drug-likeness (QED) is 0.847. The van der Waals surface area contributed by atoms with Gasteiger partial charge in [0.1, 0.15) is 23.1 Å². The van der Waals surface area contributed by atoms with Crippen LogP contribution in [0.1, 0.15) is 25.6 Å². The molecule has 0 saturated heterocycles. The highest BCUT2D eigenvalue weighted by Gasteiger charge is 2.19. The van der Waals surface area contributed by atoms with Crippen LogP contribution in [0.5, 0.6) is 5.75 Å². The SMILES string of the molecule is C=CCn1c(C(C)C)nc(-c2ccccc2OC)c1N. The number of anilines is 1. The van der Waals surface area contributed by atoms with Crippen molar-refractivity contribution in [2.24, 2.45) is 0 Å². The molecule has 2 aromatic rings. The van der Waals surface area contributed by atoms with E-state index in [0.29, 0.717) is 18.3 Å². The Bertz CT molecular complexity index is 614. The monoisotopic (exact) mass is 271 g/mol. The first-order valence-electron chi connectivity index (χ1n) is 6.70. The number of nitrogens with zero attached hydrogens (tertiary/aromatic N) is 2. The number of nitrogen functional groups attached to an aromatic ring is 1. The topological polar surface area (TPSA) is 53.1 Å². The minimum absolute atomic E-state index is 0.292. The lowest BCUT2D eigenvalue weighted by Crippen LogP contribution is -2.07. The average Bonchev–Trinajstić information content (AvgIpc) is 2.77. The third-order valence-electron chi connectivity index (χ3n) is 3.23. The maximum Gasteiger partial charge on any atom is 0.132 e. The molecule has 0 amide bonds. The summed E-state index contributed by atoms with van der Waals surface area (Å²) in [6, 6.07) is 7.78. The van der Waals surface area contributed by atoms with Crippen LogP contribution in [0.15, 0.2) is 36.9 Å². The Morgan fingerprint density at radius 2 is 2.10 bits per heavy atom. The number of para-hydroxylation sites is 1. The van der Waals surface area contributed by atoms with E-state index in [1.165, 1.54) is 0 Å². The molecule has 2 N–H and O–H groups in total. The van der Waals surface area contributed by atoms with Crippen molar-refractivity contribution >= 4 is 5.82 Å². The predicted octanol–water partition coefficient (Wildman–Crippen LogP) is 3.45. The predicted molar refractivity (Wildman–Crippen MR) is 82.9 cm³/mol. The van der Waals surface area contributed by atoms with Crippen LogP contribution < -0.4 is 10.5 Å². The van der Waals surface area contributed by atoms with E-state index in [4.69, 9.17) is 15.5 Å². The highest BCUT2D eigenvalue weighted by atomic mass is 16.5. The third-order valence-corrected chi connectivity index (χ3v) is 3.23. The van der Waals surface area contributed by atoms with E-state index in [1.807, 2.05) is 34.9 Å². The smallest absolute Gasteiger partial charge is 0.132 e. The molecule has 0 aliphatic heterocycles. The molecule has 0 fully saturated rings. The Kier molecular flexibility index (Phi) is 4.13. The van der Waals surface area contributed by atoms with Crippen molar-refractivity contribution in [3.63, 3.8) is 0 Å². The van der Waals surface area contributed by atoms with E-state index >= 15 is 0 Å². The van der Waals surface area contributed by atoms with Crippen LogP contribution in [-0.2, 0) is 6.54 Å². The maximum absolute atomic E-state index is 6.28. The van der Waals surface area contributed by atoms with Crippen molar-refractivity contribution in [3.05, 3.63) is 42.7 Å². The molecule has 0 unspecified atom stereocenters. The Balaban J connectivity index is 2.63. The van der Waals surface area contributed by atoms with Gasteiger partial charge in [-0.25, -0.2) is 4.98 Å². The van der Waals surface area contributed by atoms with Crippen molar-refractivity contribution in [1.82, 2.24) is 9.55 Å². The molecule has 0 atom stereocenters. The Morgan fingerprint density at radius 3 is 2.70 bits per heavy atom. The molecule has 0 aliphatic rings. The summed E-state index contributed by atoms with van der Waals surface area (Å²) in [5.74, 6) is 2.68. The summed E-state index contributed by atoms with van der Waals surface area (Å²) in [6.45, 7) is 8.65. The van der Waals surface area contributed by atoms with Crippen LogP contribution in [0.4, 0.5) is 5.82 Å². The molecule has 2 rings (SSSR count). The number of ether oxygens (including phenoxy) is 1. The molecule has 1 aromatic carbocycles. The molecule has 0 spiro atoms. The third kappa shape index (κ3) is 2.41. The minimum Gasteiger partial charge on any atom is -0.496 e. The number of rotatable bonds is 5.